The lowest BCUT2D eigenvalue weighted by Crippen LogP contribution is -2.12. The molecule has 0 bridgehead atoms. The van der Waals surface area contributed by atoms with Crippen LogP contribution < -0.4 is 4.74 Å². The molecule has 8 heteroatoms. The molecule has 3 rings (SSSR count). The van der Waals surface area contributed by atoms with E-state index in [0.29, 0.717) is 22.2 Å². The molecule has 0 unspecified atom stereocenters. The van der Waals surface area contributed by atoms with Crippen LogP contribution in [0.2, 0.25) is 0 Å². The molecule has 24 heavy (non-hydrogen) atoms. The van der Waals surface area contributed by atoms with Gasteiger partial charge in [-0.25, -0.2) is 12.4 Å². The van der Waals surface area contributed by atoms with Crippen molar-refractivity contribution in [3.63, 3.8) is 0 Å². The summed E-state index contributed by atoms with van der Waals surface area (Å²) < 4.78 is 31.9. The van der Waals surface area contributed by atoms with Crippen molar-refractivity contribution < 1.29 is 18.1 Å². The minimum Gasteiger partial charge on any atom is -0.497 e. The molecule has 0 aliphatic rings. The molecule has 0 radical (unpaired) electrons. The highest BCUT2D eigenvalue weighted by atomic mass is 32.2. The summed E-state index contributed by atoms with van der Waals surface area (Å²) in [5.41, 5.74) is 0.647. The summed E-state index contributed by atoms with van der Waals surface area (Å²) in [6.07, 6.45) is 1.42. The SMILES string of the molecule is COc1ccc2c(ccn2S(=O)(=O)c2ccc(C)c([N+](=O)[O-])c2)c1. The zero-order valence-corrected chi connectivity index (χ0v) is 13.8. The van der Waals surface area contributed by atoms with Crippen molar-refractivity contribution in [1.82, 2.24) is 3.97 Å². The summed E-state index contributed by atoms with van der Waals surface area (Å²) in [5, 5.41) is 11.8. The molecule has 0 atom stereocenters. The topological polar surface area (TPSA) is 91.4 Å². The first-order valence-electron chi connectivity index (χ1n) is 7.00. The summed E-state index contributed by atoms with van der Waals surface area (Å²) in [6.45, 7) is 1.56. The van der Waals surface area contributed by atoms with Crippen molar-refractivity contribution in [3.8, 4) is 5.75 Å². The van der Waals surface area contributed by atoms with Crippen LogP contribution in [0.3, 0.4) is 0 Å². The standard InChI is InChI=1S/C16H14N2O5S/c1-11-3-5-14(10-16(11)18(19)20)24(21,22)17-8-7-12-9-13(23-2)4-6-15(12)17/h3-10H,1-2H3. The van der Waals surface area contributed by atoms with Gasteiger partial charge in [-0.1, -0.05) is 6.07 Å². The first-order valence-corrected chi connectivity index (χ1v) is 8.44. The lowest BCUT2D eigenvalue weighted by Gasteiger charge is -2.09. The van der Waals surface area contributed by atoms with E-state index in [1.807, 2.05) is 0 Å². The fourth-order valence-electron chi connectivity index (χ4n) is 2.49. The molecule has 124 valence electrons. The third kappa shape index (κ3) is 2.50. The van der Waals surface area contributed by atoms with E-state index < -0.39 is 14.9 Å². The normalized spacial score (nSPS) is 11.6. The van der Waals surface area contributed by atoms with Gasteiger partial charge in [0.05, 0.1) is 22.4 Å². The van der Waals surface area contributed by atoms with Crippen molar-refractivity contribution in [2.75, 3.05) is 7.11 Å². The van der Waals surface area contributed by atoms with E-state index in [1.165, 1.54) is 25.4 Å². The number of methoxy groups -OCH3 is 1. The number of fused-ring (bicyclic) bond motifs is 1. The smallest absolute Gasteiger partial charge is 0.273 e. The monoisotopic (exact) mass is 346 g/mol. The number of rotatable bonds is 4. The fraction of sp³-hybridized carbons (Fsp3) is 0.125. The van der Waals surface area contributed by atoms with Crippen LogP contribution in [0.1, 0.15) is 5.56 Å². The van der Waals surface area contributed by atoms with Crippen LogP contribution in [0.15, 0.2) is 53.6 Å². The van der Waals surface area contributed by atoms with Gasteiger partial charge in [-0.3, -0.25) is 10.1 Å². The highest BCUT2D eigenvalue weighted by Crippen LogP contribution is 2.28. The molecule has 7 nitrogen and oxygen atoms in total. The predicted molar refractivity (Wildman–Crippen MR) is 88.9 cm³/mol. The van der Waals surface area contributed by atoms with Gasteiger partial charge in [0, 0.05) is 23.2 Å². The van der Waals surface area contributed by atoms with E-state index in [-0.39, 0.29) is 10.6 Å². The summed E-state index contributed by atoms with van der Waals surface area (Å²) in [4.78, 5) is 10.3. The molecule has 0 aliphatic carbocycles. The van der Waals surface area contributed by atoms with E-state index in [9.17, 15) is 18.5 Å². The number of hydrogen-bond acceptors (Lipinski definition) is 5. The molecule has 0 saturated carbocycles. The molecule has 0 spiro atoms. The Morgan fingerprint density at radius 3 is 2.54 bits per heavy atom. The number of ether oxygens (including phenoxy) is 1. The average Bonchev–Trinajstić information content (AvgIpc) is 2.98. The Labute approximate surface area is 138 Å². The van der Waals surface area contributed by atoms with Gasteiger partial charge < -0.3 is 4.74 Å². The maximum absolute atomic E-state index is 12.9. The quantitative estimate of drug-likeness (QED) is 0.535. The maximum atomic E-state index is 12.9. The number of hydrogen-bond donors (Lipinski definition) is 0. The van der Waals surface area contributed by atoms with E-state index in [1.54, 1.807) is 31.2 Å². The number of nitro groups is 1. The zero-order chi connectivity index (χ0) is 17.5. The molecule has 2 aromatic carbocycles. The number of nitro benzene ring substituents is 1. The second-order valence-corrected chi connectivity index (χ2v) is 7.06. The second-order valence-electron chi connectivity index (χ2n) is 5.25. The van der Waals surface area contributed by atoms with E-state index >= 15 is 0 Å². The summed E-state index contributed by atoms with van der Waals surface area (Å²) in [6, 6.07) is 10.5. The molecule has 1 heterocycles. The number of aromatic nitrogens is 1. The lowest BCUT2D eigenvalue weighted by atomic mass is 10.2. The molecule has 1 aromatic heterocycles. The van der Waals surface area contributed by atoms with Gasteiger partial charge in [0.15, 0.2) is 0 Å². The number of nitrogens with zero attached hydrogens (tertiary/aromatic N) is 2. The van der Waals surface area contributed by atoms with Crippen LogP contribution in [0.5, 0.6) is 5.75 Å². The van der Waals surface area contributed by atoms with Crippen molar-refractivity contribution in [2.24, 2.45) is 0 Å². The predicted octanol–water partition coefficient (Wildman–Crippen LogP) is 3.10. The molecule has 0 fully saturated rings. The van der Waals surface area contributed by atoms with Gasteiger partial charge in [0.25, 0.3) is 15.7 Å². The molecule has 3 aromatic rings. The Morgan fingerprint density at radius 1 is 1.12 bits per heavy atom. The second kappa shape index (κ2) is 5.64. The molecule has 0 saturated heterocycles. The fourth-order valence-corrected chi connectivity index (χ4v) is 3.87. The molecule has 0 N–H and O–H groups in total. The van der Waals surface area contributed by atoms with E-state index in [4.69, 9.17) is 4.74 Å². The maximum Gasteiger partial charge on any atom is 0.273 e. The first-order chi connectivity index (χ1) is 11.3. The summed E-state index contributed by atoms with van der Waals surface area (Å²) in [7, 11) is -2.42. The van der Waals surface area contributed by atoms with Crippen LogP contribution in [-0.2, 0) is 10.0 Å². The lowest BCUT2D eigenvalue weighted by molar-refractivity contribution is -0.385. The number of benzene rings is 2. The molecule has 0 aliphatic heterocycles. The van der Waals surface area contributed by atoms with Gasteiger partial charge >= 0.3 is 0 Å². The zero-order valence-electron chi connectivity index (χ0n) is 13.0. The van der Waals surface area contributed by atoms with Gasteiger partial charge in [0.2, 0.25) is 0 Å². The Hall–Kier alpha value is -2.87. The minimum atomic E-state index is -3.94. The van der Waals surface area contributed by atoms with Crippen LogP contribution in [-0.4, -0.2) is 24.4 Å². The summed E-state index contributed by atoms with van der Waals surface area (Å²) >= 11 is 0. The third-order valence-electron chi connectivity index (χ3n) is 3.80. The van der Waals surface area contributed by atoms with E-state index in [2.05, 4.69) is 0 Å². The van der Waals surface area contributed by atoms with Crippen LogP contribution >= 0.6 is 0 Å². The highest BCUT2D eigenvalue weighted by Gasteiger charge is 2.22. The Morgan fingerprint density at radius 2 is 1.88 bits per heavy atom. The molecular weight excluding hydrogens is 332 g/mol. The number of aryl methyl sites for hydroxylation is 1. The Kier molecular flexibility index (Phi) is 3.76. The van der Waals surface area contributed by atoms with Gasteiger partial charge in [0.1, 0.15) is 5.75 Å². The Balaban J connectivity index is 2.18. The average molecular weight is 346 g/mol. The molecule has 0 amide bonds. The minimum absolute atomic E-state index is 0.131. The van der Waals surface area contributed by atoms with Gasteiger partial charge in [-0.05, 0) is 37.3 Å². The van der Waals surface area contributed by atoms with E-state index in [0.717, 1.165) is 10.0 Å². The van der Waals surface area contributed by atoms with Crippen molar-refractivity contribution >= 4 is 26.6 Å². The third-order valence-corrected chi connectivity index (χ3v) is 5.48. The van der Waals surface area contributed by atoms with Crippen molar-refractivity contribution in [3.05, 3.63) is 64.3 Å². The first kappa shape index (κ1) is 16.0. The highest BCUT2D eigenvalue weighted by molar-refractivity contribution is 7.90. The van der Waals surface area contributed by atoms with Crippen LogP contribution in [0.4, 0.5) is 5.69 Å². The van der Waals surface area contributed by atoms with Gasteiger partial charge in [-0.15, -0.1) is 0 Å². The van der Waals surface area contributed by atoms with Crippen LogP contribution in [0.25, 0.3) is 10.9 Å². The van der Waals surface area contributed by atoms with Crippen molar-refractivity contribution in [1.29, 1.82) is 0 Å². The van der Waals surface area contributed by atoms with Crippen molar-refractivity contribution in [2.45, 2.75) is 11.8 Å². The Bertz CT molecular complexity index is 1050. The summed E-state index contributed by atoms with van der Waals surface area (Å²) in [5.74, 6) is 0.614. The van der Waals surface area contributed by atoms with Crippen LogP contribution in [0, 0.1) is 17.0 Å². The molecular formula is C16H14N2O5S. The van der Waals surface area contributed by atoms with Gasteiger partial charge in [-0.2, -0.15) is 0 Å². The largest absolute Gasteiger partial charge is 0.497 e.